The average molecular weight is 479 g/mol. The normalized spacial score (nSPS) is 12.0. The Kier molecular flexibility index (Phi) is 6.70. The van der Waals surface area contributed by atoms with Crippen LogP contribution in [0.4, 0.5) is 0 Å². The van der Waals surface area contributed by atoms with Gasteiger partial charge in [-0.1, -0.05) is 54.6 Å². The number of nitrogens with one attached hydrogen (secondary N) is 2. The maximum Gasteiger partial charge on any atom is 0.321 e. The molecule has 158 valence electrons. The number of aromatic amines is 1. The fourth-order valence-corrected chi connectivity index (χ4v) is 4.06. The molecule has 0 radical (unpaired) electrons. The van der Waals surface area contributed by atoms with Crippen LogP contribution in [0.2, 0.25) is 0 Å². The van der Waals surface area contributed by atoms with E-state index in [0.717, 1.165) is 37.8 Å². The van der Waals surface area contributed by atoms with Crippen LogP contribution in [-0.2, 0) is 24.4 Å². The van der Waals surface area contributed by atoms with Crippen LogP contribution < -0.4 is 10.1 Å². The van der Waals surface area contributed by atoms with Gasteiger partial charge in [0.15, 0.2) is 0 Å². The summed E-state index contributed by atoms with van der Waals surface area (Å²) in [7, 11) is 0. The maximum absolute atomic E-state index is 11.8. The second-order valence-electron chi connectivity index (χ2n) is 7.37. The molecular formula is C25H23BrN2O3. The Bertz CT molecular complexity index is 1170. The van der Waals surface area contributed by atoms with Gasteiger partial charge in [0.2, 0.25) is 0 Å². The van der Waals surface area contributed by atoms with Crippen LogP contribution in [0.1, 0.15) is 16.7 Å². The Morgan fingerprint density at radius 2 is 1.81 bits per heavy atom. The predicted molar refractivity (Wildman–Crippen MR) is 125 cm³/mol. The van der Waals surface area contributed by atoms with Crippen LogP contribution in [0.5, 0.6) is 5.75 Å². The monoisotopic (exact) mass is 478 g/mol. The molecule has 1 aromatic heterocycles. The molecule has 1 heterocycles. The second-order valence-corrected chi connectivity index (χ2v) is 8.23. The standard InChI is InChI=1S/C25H23BrN2O3/c26-21-12-18(10-11-24(21)31-16-17-6-2-1-3-7-17)14-27-23(25(29)30)13-19-15-28-22-9-5-4-8-20(19)22/h1-12,15,23,27-28H,13-14,16H2,(H,29,30)/t23-/m0/s1. The molecule has 3 N–H and O–H groups in total. The summed E-state index contributed by atoms with van der Waals surface area (Å²) in [5.41, 5.74) is 4.07. The molecule has 0 aliphatic rings. The summed E-state index contributed by atoms with van der Waals surface area (Å²) in [6.07, 6.45) is 2.29. The minimum atomic E-state index is -0.868. The Balaban J connectivity index is 1.38. The summed E-state index contributed by atoms with van der Waals surface area (Å²) >= 11 is 3.56. The van der Waals surface area contributed by atoms with Crippen molar-refractivity contribution in [2.45, 2.75) is 25.6 Å². The zero-order valence-electron chi connectivity index (χ0n) is 16.8. The second kappa shape index (κ2) is 9.81. The molecule has 0 aliphatic heterocycles. The Hall–Kier alpha value is -3.09. The lowest BCUT2D eigenvalue weighted by molar-refractivity contribution is -0.139. The number of carboxylic acids is 1. The van der Waals surface area contributed by atoms with E-state index in [2.05, 4.69) is 26.2 Å². The van der Waals surface area contributed by atoms with E-state index in [-0.39, 0.29) is 0 Å². The average Bonchev–Trinajstić information content (AvgIpc) is 3.19. The molecule has 0 bridgehead atoms. The van der Waals surface area contributed by atoms with Crippen molar-refractivity contribution < 1.29 is 14.6 Å². The van der Waals surface area contributed by atoms with Crippen LogP contribution in [0.15, 0.2) is 83.5 Å². The highest BCUT2D eigenvalue weighted by Gasteiger charge is 2.19. The highest BCUT2D eigenvalue weighted by atomic mass is 79.9. The first kappa shape index (κ1) is 21.2. The summed E-state index contributed by atoms with van der Waals surface area (Å²) < 4.78 is 6.73. The number of hydrogen-bond donors (Lipinski definition) is 3. The smallest absolute Gasteiger partial charge is 0.321 e. The number of halogens is 1. The topological polar surface area (TPSA) is 74.3 Å². The number of hydrogen-bond acceptors (Lipinski definition) is 3. The summed E-state index contributed by atoms with van der Waals surface area (Å²) in [6.45, 7) is 0.930. The van der Waals surface area contributed by atoms with Gasteiger partial charge in [-0.2, -0.15) is 0 Å². The molecule has 5 nitrogen and oxygen atoms in total. The molecule has 6 heteroatoms. The third-order valence-corrected chi connectivity index (χ3v) is 5.80. The first-order valence-corrected chi connectivity index (χ1v) is 10.9. The largest absolute Gasteiger partial charge is 0.488 e. The third kappa shape index (κ3) is 5.34. The van der Waals surface area contributed by atoms with Gasteiger partial charge < -0.3 is 20.1 Å². The highest BCUT2D eigenvalue weighted by Crippen LogP contribution is 2.27. The lowest BCUT2D eigenvalue weighted by atomic mass is 10.0. The van der Waals surface area contributed by atoms with Crippen molar-refractivity contribution in [3.8, 4) is 5.75 Å². The zero-order chi connectivity index (χ0) is 21.6. The van der Waals surface area contributed by atoms with E-state index in [1.165, 1.54) is 0 Å². The number of para-hydroxylation sites is 1. The molecule has 4 rings (SSSR count). The number of carbonyl (C=O) groups is 1. The molecule has 0 amide bonds. The molecule has 4 aromatic rings. The number of aliphatic carboxylic acids is 1. The summed E-state index contributed by atoms with van der Waals surface area (Å²) in [4.78, 5) is 15.0. The first-order valence-electron chi connectivity index (χ1n) is 10.1. The molecule has 31 heavy (non-hydrogen) atoms. The number of H-pyrrole nitrogens is 1. The van der Waals surface area contributed by atoms with Gasteiger partial charge in [-0.15, -0.1) is 0 Å². The van der Waals surface area contributed by atoms with Gasteiger partial charge in [0.1, 0.15) is 18.4 Å². The fraction of sp³-hybridized carbons (Fsp3) is 0.160. The molecule has 0 fully saturated rings. The number of carboxylic acid groups (broad SMARTS) is 1. The van der Waals surface area contributed by atoms with E-state index < -0.39 is 12.0 Å². The van der Waals surface area contributed by atoms with E-state index in [1.807, 2.05) is 79.0 Å². The van der Waals surface area contributed by atoms with Gasteiger partial charge >= 0.3 is 5.97 Å². The minimum Gasteiger partial charge on any atom is -0.488 e. The van der Waals surface area contributed by atoms with E-state index >= 15 is 0 Å². The van der Waals surface area contributed by atoms with Gasteiger partial charge in [0, 0.05) is 30.1 Å². The quantitative estimate of drug-likeness (QED) is 0.305. The summed E-state index contributed by atoms with van der Waals surface area (Å²) in [6, 6.07) is 23.0. The Morgan fingerprint density at radius 3 is 2.58 bits per heavy atom. The van der Waals surface area contributed by atoms with E-state index in [1.54, 1.807) is 0 Å². The van der Waals surface area contributed by atoms with Crippen molar-refractivity contribution in [3.05, 3.63) is 100 Å². The number of ether oxygens (including phenoxy) is 1. The fourth-order valence-electron chi connectivity index (χ4n) is 3.51. The molecule has 1 atom stereocenters. The lowest BCUT2D eigenvalue weighted by Gasteiger charge is -2.15. The third-order valence-electron chi connectivity index (χ3n) is 5.18. The van der Waals surface area contributed by atoms with E-state index in [9.17, 15) is 9.90 Å². The maximum atomic E-state index is 11.8. The Morgan fingerprint density at radius 1 is 1.03 bits per heavy atom. The molecule has 0 spiro atoms. The van der Waals surface area contributed by atoms with E-state index in [4.69, 9.17) is 4.74 Å². The van der Waals surface area contributed by atoms with Crippen molar-refractivity contribution >= 4 is 32.8 Å². The van der Waals surface area contributed by atoms with Gasteiger partial charge in [-0.3, -0.25) is 4.79 Å². The number of rotatable bonds is 9. The van der Waals surface area contributed by atoms with Crippen molar-refractivity contribution in [1.82, 2.24) is 10.3 Å². The zero-order valence-corrected chi connectivity index (χ0v) is 18.4. The van der Waals surface area contributed by atoms with Crippen LogP contribution in [0.3, 0.4) is 0 Å². The van der Waals surface area contributed by atoms with Gasteiger partial charge in [0.05, 0.1) is 4.47 Å². The van der Waals surface area contributed by atoms with Crippen molar-refractivity contribution in [3.63, 3.8) is 0 Å². The number of benzene rings is 3. The van der Waals surface area contributed by atoms with Crippen LogP contribution >= 0.6 is 15.9 Å². The Labute approximate surface area is 189 Å². The predicted octanol–water partition coefficient (Wildman–Crippen LogP) is 5.29. The highest BCUT2D eigenvalue weighted by molar-refractivity contribution is 9.10. The molecule has 0 unspecified atom stereocenters. The van der Waals surface area contributed by atoms with Gasteiger partial charge in [0.25, 0.3) is 0 Å². The molecule has 0 saturated heterocycles. The lowest BCUT2D eigenvalue weighted by Crippen LogP contribution is -2.38. The summed E-state index contributed by atoms with van der Waals surface area (Å²) in [5, 5.41) is 13.9. The first-order chi connectivity index (χ1) is 15.1. The SMILES string of the molecule is O=C(O)[C@H](Cc1c[nH]c2ccccc12)NCc1ccc(OCc2ccccc2)c(Br)c1. The van der Waals surface area contributed by atoms with Crippen molar-refractivity contribution in [2.75, 3.05) is 0 Å². The van der Waals surface area contributed by atoms with Crippen molar-refractivity contribution in [1.29, 1.82) is 0 Å². The van der Waals surface area contributed by atoms with Crippen LogP contribution in [0.25, 0.3) is 10.9 Å². The van der Waals surface area contributed by atoms with Crippen LogP contribution in [0, 0.1) is 0 Å². The minimum absolute atomic E-state index is 0.402. The molecule has 0 aliphatic carbocycles. The van der Waals surface area contributed by atoms with Gasteiger partial charge in [-0.25, -0.2) is 0 Å². The number of fused-ring (bicyclic) bond motifs is 1. The molecule has 0 saturated carbocycles. The molecule has 3 aromatic carbocycles. The summed E-state index contributed by atoms with van der Waals surface area (Å²) in [5.74, 6) is -0.117. The van der Waals surface area contributed by atoms with Gasteiger partial charge in [-0.05, 0) is 50.8 Å². The van der Waals surface area contributed by atoms with Crippen molar-refractivity contribution in [2.24, 2.45) is 0 Å². The number of aromatic nitrogens is 1. The van der Waals surface area contributed by atoms with Crippen LogP contribution in [-0.4, -0.2) is 22.1 Å². The molecular weight excluding hydrogens is 456 g/mol. The van der Waals surface area contributed by atoms with E-state index in [0.29, 0.717) is 19.6 Å².